The fourth-order valence-corrected chi connectivity index (χ4v) is 2.54. The summed E-state index contributed by atoms with van der Waals surface area (Å²) in [5.74, 6) is -1.29. The van der Waals surface area contributed by atoms with Gasteiger partial charge in [0, 0.05) is 18.8 Å². The maximum atomic E-state index is 13.1. The minimum Gasteiger partial charge on any atom is -0.480 e. The first-order valence-electron chi connectivity index (χ1n) is 6.06. The Morgan fingerprint density at radius 3 is 3.11 bits per heavy atom. The molecule has 3 heterocycles. The molecule has 1 aliphatic heterocycles. The summed E-state index contributed by atoms with van der Waals surface area (Å²) >= 11 is 0. The van der Waals surface area contributed by atoms with Crippen LogP contribution >= 0.6 is 0 Å². The molecule has 2 aromatic heterocycles. The molecule has 1 saturated heterocycles. The van der Waals surface area contributed by atoms with Crippen LogP contribution in [0.1, 0.15) is 12.8 Å². The van der Waals surface area contributed by atoms with Crippen LogP contribution in [0.3, 0.4) is 0 Å². The summed E-state index contributed by atoms with van der Waals surface area (Å²) in [5.41, 5.74) is 1.68. The van der Waals surface area contributed by atoms with Crippen LogP contribution in [0, 0.1) is 5.82 Å². The number of aliphatic carboxylic acids is 1. The van der Waals surface area contributed by atoms with Crippen LogP contribution < -0.4 is 4.90 Å². The zero-order chi connectivity index (χ0) is 13.4. The van der Waals surface area contributed by atoms with Gasteiger partial charge < -0.3 is 10.0 Å². The lowest BCUT2D eigenvalue weighted by molar-refractivity contribution is -0.138. The molecule has 0 saturated carbocycles. The van der Waals surface area contributed by atoms with Crippen LogP contribution in [0.5, 0.6) is 0 Å². The molecule has 6 heteroatoms. The molecule has 2 aromatic rings. The number of hydrogen-bond acceptors (Lipinski definition) is 4. The maximum Gasteiger partial charge on any atom is 0.326 e. The lowest BCUT2D eigenvalue weighted by Crippen LogP contribution is -2.36. The first-order valence-corrected chi connectivity index (χ1v) is 6.06. The fourth-order valence-electron chi connectivity index (χ4n) is 2.54. The third kappa shape index (κ3) is 1.99. The molecule has 0 radical (unpaired) electrons. The molecule has 19 heavy (non-hydrogen) atoms. The Balaban J connectivity index is 2.12. The van der Waals surface area contributed by atoms with Crippen molar-refractivity contribution in [2.75, 3.05) is 11.4 Å². The Hall–Kier alpha value is -2.24. The molecule has 98 valence electrons. The number of carboxylic acid groups (broad SMARTS) is 1. The lowest BCUT2D eigenvalue weighted by Gasteiger charge is -2.24. The topological polar surface area (TPSA) is 66.3 Å². The highest BCUT2D eigenvalue weighted by Crippen LogP contribution is 2.30. The highest BCUT2D eigenvalue weighted by Gasteiger charge is 2.31. The number of carboxylic acids is 1. The zero-order valence-electron chi connectivity index (χ0n) is 10.1. The van der Waals surface area contributed by atoms with E-state index in [2.05, 4.69) is 9.97 Å². The Kier molecular flexibility index (Phi) is 2.77. The molecule has 0 aliphatic carbocycles. The van der Waals surface area contributed by atoms with Gasteiger partial charge in [0.25, 0.3) is 0 Å². The second kappa shape index (κ2) is 4.46. The van der Waals surface area contributed by atoms with Crippen molar-refractivity contribution < 1.29 is 14.3 Å². The van der Waals surface area contributed by atoms with E-state index in [4.69, 9.17) is 0 Å². The number of pyridine rings is 2. The highest BCUT2D eigenvalue weighted by molar-refractivity contribution is 5.90. The van der Waals surface area contributed by atoms with Crippen molar-refractivity contribution >= 4 is 22.7 Å². The van der Waals surface area contributed by atoms with Crippen molar-refractivity contribution in [1.82, 2.24) is 9.97 Å². The van der Waals surface area contributed by atoms with Gasteiger partial charge >= 0.3 is 5.97 Å². The van der Waals surface area contributed by atoms with Crippen LogP contribution in [0.4, 0.5) is 10.1 Å². The van der Waals surface area contributed by atoms with Crippen molar-refractivity contribution in [1.29, 1.82) is 0 Å². The van der Waals surface area contributed by atoms with Crippen molar-refractivity contribution in [2.24, 2.45) is 0 Å². The number of anilines is 1. The monoisotopic (exact) mass is 261 g/mol. The van der Waals surface area contributed by atoms with Crippen molar-refractivity contribution in [3.8, 4) is 0 Å². The van der Waals surface area contributed by atoms with Gasteiger partial charge in [-0.15, -0.1) is 0 Å². The van der Waals surface area contributed by atoms with Gasteiger partial charge in [0.05, 0.1) is 17.4 Å². The van der Waals surface area contributed by atoms with Gasteiger partial charge in [-0.25, -0.2) is 14.2 Å². The molecule has 5 nitrogen and oxygen atoms in total. The summed E-state index contributed by atoms with van der Waals surface area (Å²) in [6, 6.07) is 2.49. The van der Waals surface area contributed by atoms with E-state index in [0.29, 0.717) is 29.7 Å². The van der Waals surface area contributed by atoms with E-state index < -0.39 is 17.8 Å². The predicted molar refractivity (Wildman–Crippen MR) is 67.5 cm³/mol. The first-order chi connectivity index (χ1) is 9.16. The van der Waals surface area contributed by atoms with Gasteiger partial charge in [0.15, 0.2) is 0 Å². The van der Waals surface area contributed by atoms with E-state index in [1.165, 1.54) is 6.07 Å². The normalized spacial score (nSPS) is 19.0. The average molecular weight is 261 g/mol. The lowest BCUT2D eigenvalue weighted by atomic mass is 10.2. The summed E-state index contributed by atoms with van der Waals surface area (Å²) in [6.45, 7) is 0.662. The van der Waals surface area contributed by atoms with E-state index in [9.17, 15) is 14.3 Å². The number of rotatable bonds is 2. The summed E-state index contributed by atoms with van der Waals surface area (Å²) in [5, 5.41) is 9.22. The largest absolute Gasteiger partial charge is 0.480 e. The molecule has 1 N–H and O–H groups in total. The SMILES string of the molecule is O=C(O)[C@@H]1CCCN1c1ccnc2cc(F)cnc12. The molecular weight excluding hydrogens is 249 g/mol. The van der Waals surface area contributed by atoms with E-state index in [1.54, 1.807) is 17.2 Å². The Bertz CT molecular complexity index is 647. The van der Waals surface area contributed by atoms with E-state index in [1.807, 2.05) is 0 Å². The molecule has 3 rings (SSSR count). The van der Waals surface area contributed by atoms with E-state index in [-0.39, 0.29) is 0 Å². The zero-order valence-corrected chi connectivity index (χ0v) is 10.1. The number of fused-ring (bicyclic) bond motifs is 1. The minimum atomic E-state index is -0.843. The molecule has 0 unspecified atom stereocenters. The first kappa shape index (κ1) is 11.8. The van der Waals surface area contributed by atoms with Crippen LogP contribution in [0.2, 0.25) is 0 Å². The Morgan fingerprint density at radius 1 is 1.47 bits per heavy atom. The number of halogens is 1. The minimum absolute atomic E-state index is 0.438. The number of hydrogen-bond donors (Lipinski definition) is 1. The summed E-state index contributed by atoms with van der Waals surface area (Å²) in [7, 11) is 0. The molecule has 1 fully saturated rings. The number of nitrogens with zero attached hydrogens (tertiary/aromatic N) is 3. The Labute approximate surface area is 108 Å². The molecule has 1 aliphatic rings. The summed E-state index contributed by atoms with van der Waals surface area (Å²) in [4.78, 5) is 21.2. The Morgan fingerprint density at radius 2 is 2.32 bits per heavy atom. The second-order valence-corrected chi connectivity index (χ2v) is 4.54. The van der Waals surface area contributed by atoms with Gasteiger partial charge in [-0.1, -0.05) is 0 Å². The van der Waals surface area contributed by atoms with Crippen LogP contribution in [-0.4, -0.2) is 33.6 Å². The smallest absolute Gasteiger partial charge is 0.326 e. The quantitative estimate of drug-likeness (QED) is 0.893. The van der Waals surface area contributed by atoms with Gasteiger partial charge in [0.1, 0.15) is 17.4 Å². The predicted octanol–water partition coefficient (Wildman–Crippen LogP) is 1.82. The molecule has 1 atom stereocenters. The molecule has 0 spiro atoms. The third-order valence-corrected chi connectivity index (χ3v) is 3.37. The van der Waals surface area contributed by atoms with E-state index in [0.717, 1.165) is 12.6 Å². The average Bonchev–Trinajstić information content (AvgIpc) is 2.86. The highest BCUT2D eigenvalue weighted by atomic mass is 19.1. The molecule has 0 aromatic carbocycles. The number of carbonyl (C=O) groups is 1. The second-order valence-electron chi connectivity index (χ2n) is 4.54. The van der Waals surface area contributed by atoms with Gasteiger partial charge in [0.2, 0.25) is 0 Å². The van der Waals surface area contributed by atoms with Crippen molar-refractivity contribution in [2.45, 2.75) is 18.9 Å². The van der Waals surface area contributed by atoms with Crippen molar-refractivity contribution in [3.63, 3.8) is 0 Å². The maximum absolute atomic E-state index is 13.1. The molecule has 0 bridgehead atoms. The third-order valence-electron chi connectivity index (χ3n) is 3.37. The van der Waals surface area contributed by atoms with Gasteiger partial charge in [-0.05, 0) is 18.9 Å². The summed E-state index contributed by atoms with van der Waals surface area (Å²) < 4.78 is 13.1. The fraction of sp³-hybridized carbons (Fsp3) is 0.308. The van der Waals surface area contributed by atoms with Crippen LogP contribution in [-0.2, 0) is 4.79 Å². The van der Waals surface area contributed by atoms with Gasteiger partial charge in [-0.2, -0.15) is 0 Å². The van der Waals surface area contributed by atoms with Crippen LogP contribution in [0.15, 0.2) is 24.5 Å². The van der Waals surface area contributed by atoms with Crippen LogP contribution in [0.25, 0.3) is 11.0 Å². The van der Waals surface area contributed by atoms with Crippen molar-refractivity contribution in [3.05, 3.63) is 30.3 Å². The molecular formula is C13H12FN3O2. The van der Waals surface area contributed by atoms with Gasteiger partial charge in [-0.3, -0.25) is 4.98 Å². The van der Waals surface area contributed by atoms with E-state index >= 15 is 0 Å². The molecule has 0 amide bonds. The standard InChI is InChI=1S/C13H12FN3O2/c14-8-6-9-12(16-7-8)10(3-4-15-9)17-5-1-2-11(17)13(18)19/h3-4,6-7,11H,1-2,5H2,(H,18,19)/t11-/m0/s1. The summed E-state index contributed by atoms with van der Waals surface area (Å²) in [6.07, 6.45) is 4.11. The number of aromatic nitrogens is 2.